The van der Waals surface area contributed by atoms with Crippen LogP contribution in [-0.4, -0.2) is 46.8 Å². The summed E-state index contributed by atoms with van der Waals surface area (Å²) in [6.45, 7) is 4.21. The van der Waals surface area contributed by atoms with E-state index in [2.05, 4.69) is 4.90 Å². The number of rotatable bonds is 4. The van der Waals surface area contributed by atoms with Gasteiger partial charge < -0.3 is 4.90 Å². The first-order valence-corrected chi connectivity index (χ1v) is 8.94. The molecule has 0 radical (unpaired) electrons. The molecule has 1 fully saturated rings. The molecular formula is C19H19ClFN3O3. The molecule has 1 heterocycles. The summed E-state index contributed by atoms with van der Waals surface area (Å²) in [4.78, 5) is 26.9. The summed E-state index contributed by atoms with van der Waals surface area (Å²) < 4.78 is 13.9. The number of nitro benzene ring substituents is 1. The number of aryl methyl sites for hydroxylation is 1. The number of piperazine rings is 1. The fourth-order valence-electron chi connectivity index (χ4n) is 3.19. The Morgan fingerprint density at radius 2 is 1.93 bits per heavy atom. The zero-order valence-electron chi connectivity index (χ0n) is 14.8. The molecule has 0 atom stereocenters. The number of benzene rings is 2. The van der Waals surface area contributed by atoms with Crippen molar-refractivity contribution in [1.29, 1.82) is 0 Å². The molecule has 0 N–H and O–H groups in total. The van der Waals surface area contributed by atoms with Crippen LogP contribution < -0.4 is 0 Å². The van der Waals surface area contributed by atoms with Crippen LogP contribution >= 0.6 is 11.6 Å². The molecule has 0 unspecified atom stereocenters. The van der Waals surface area contributed by atoms with E-state index in [1.165, 1.54) is 18.2 Å². The lowest BCUT2D eigenvalue weighted by atomic mass is 10.1. The van der Waals surface area contributed by atoms with E-state index in [4.69, 9.17) is 11.6 Å². The molecule has 0 saturated carbocycles. The molecule has 6 nitrogen and oxygen atoms in total. The molecule has 8 heteroatoms. The first-order chi connectivity index (χ1) is 12.9. The highest BCUT2D eigenvalue weighted by Gasteiger charge is 2.24. The van der Waals surface area contributed by atoms with E-state index in [1.54, 1.807) is 30.0 Å². The second-order valence-electron chi connectivity index (χ2n) is 6.53. The van der Waals surface area contributed by atoms with Crippen LogP contribution in [0.25, 0.3) is 0 Å². The summed E-state index contributed by atoms with van der Waals surface area (Å²) in [5.41, 5.74) is 1.35. The van der Waals surface area contributed by atoms with E-state index in [0.29, 0.717) is 54.4 Å². The maximum Gasteiger partial charge on any atom is 0.272 e. The first-order valence-electron chi connectivity index (χ1n) is 8.56. The Kier molecular flexibility index (Phi) is 5.72. The summed E-state index contributed by atoms with van der Waals surface area (Å²) in [7, 11) is 0. The zero-order valence-corrected chi connectivity index (χ0v) is 15.6. The molecule has 2 aromatic carbocycles. The van der Waals surface area contributed by atoms with Crippen molar-refractivity contribution in [3.63, 3.8) is 0 Å². The van der Waals surface area contributed by atoms with Crippen LogP contribution in [0.3, 0.4) is 0 Å². The third kappa shape index (κ3) is 4.26. The van der Waals surface area contributed by atoms with Crippen molar-refractivity contribution in [3.8, 4) is 0 Å². The minimum Gasteiger partial charge on any atom is -0.336 e. The van der Waals surface area contributed by atoms with Gasteiger partial charge in [-0.05, 0) is 31.2 Å². The number of halogens is 2. The van der Waals surface area contributed by atoms with Gasteiger partial charge in [0, 0.05) is 60.5 Å². The normalized spacial score (nSPS) is 15.0. The predicted octanol–water partition coefficient (Wildman–Crippen LogP) is 3.65. The fourth-order valence-corrected chi connectivity index (χ4v) is 3.41. The predicted molar refractivity (Wildman–Crippen MR) is 100 cm³/mol. The third-order valence-corrected chi connectivity index (χ3v) is 5.10. The van der Waals surface area contributed by atoms with Crippen LogP contribution in [0.5, 0.6) is 0 Å². The van der Waals surface area contributed by atoms with E-state index in [1.807, 2.05) is 0 Å². The van der Waals surface area contributed by atoms with Gasteiger partial charge in [-0.1, -0.05) is 17.7 Å². The summed E-state index contributed by atoms with van der Waals surface area (Å²) >= 11 is 6.08. The molecule has 0 aromatic heterocycles. The van der Waals surface area contributed by atoms with Crippen LogP contribution in [0, 0.1) is 22.9 Å². The van der Waals surface area contributed by atoms with Crippen molar-refractivity contribution in [3.05, 3.63) is 74.0 Å². The second-order valence-corrected chi connectivity index (χ2v) is 6.93. The van der Waals surface area contributed by atoms with Gasteiger partial charge in [0.25, 0.3) is 11.6 Å². The molecule has 1 amide bonds. The highest BCUT2D eigenvalue weighted by Crippen LogP contribution is 2.23. The molecule has 0 spiro atoms. The number of hydrogen-bond acceptors (Lipinski definition) is 4. The SMILES string of the molecule is Cc1cc(C(=O)N2CCN(Cc3c(F)cccc3Cl)CC2)ccc1[N+](=O)[O-]. The summed E-state index contributed by atoms with van der Waals surface area (Å²) in [6, 6.07) is 9.02. The molecule has 1 aliphatic heterocycles. The molecule has 0 bridgehead atoms. The van der Waals surface area contributed by atoms with Gasteiger partial charge in [-0.25, -0.2) is 4.39 Å². The fraction of sp³-hybridized carbons (Fsp3) is 0.316. The van der Waals surface area contributed by atoms with Gasteiger partial charge in [-0.2, -0.15) is 0 Å². The second kappa shape index (κ2) is 8.02. The lowest BCUT2D eigenvalue weighted by molar-refractivity contribution is -0.385. The Balaban J connectivity index is 1.63. The van der Waals surface area contributed by atoms with Crippen LogP contribution in [0.2, 0.25) is 5.02 Å². The number of carbonyl (C=O) groups excluding carboxylic acids is 1. The van der Waals surface area contributed by atoms with Crippen molar-refractivity contribution < 1.29 is 14.1 Å². The Labute approximate surface area is 161 Å². The van der Waals surface area contributed by atoms with Crippen LogP contribution in [0.1, 0.15) is 21.5 Å². The number of nitro groups is 1. The van der Waals surface area contributed by atoms with E-state index in [0.717, 1.165) is 0 Å². The molecule has 1 saturated heterocycles. The van der Waals surface area contributed by atoms with E-state index < -0.39 is 4.92 Å². The average Bonchev–Trinajstić information content (AvgIpc) is 2.64. The number of nitrogens with zero attached hydrogens (tertiary/aromatic N) is 3. The van der Waals surface area contributed by atoms with Crippen molar-refractivity contribution in [2.75, 3.05) is 26.2 Å². The highest BCUT2D eigenvalue weighted by atomic mass is 35.5. The first kappa shape index (κ1) is 19.3. The lowest BCUT2D eigenvalue weighted by Crippen LogP contribution is -2.48. The third-order valence-electron chi connectivity index (χ3n) is 4.74. The number of carbonyl (C=O) groups is 1. The average molecular weight is 392 g/mol. The Bertz CT molecular complexity index is 862. The van der Waals surface area contributed by atoms with Gasteiger partial charge in [0.15, 0.2) is 0 Å². The van der Waals surface area contributed by atoms with E-state index >= 15 is 0 Å². The van der Waals surface area contributed by atoms with Crippen LogP contribution in [0.15, 0.2) is 36.4 Å². The monoisotopic (exact) mass is 391 g/mol. The van der Waals surface area contributed by atoms with Crippen LogP contribution in [-0.2, 0) is 6.54 Å². The summed E-state index contributed by atoms with van der Waals surface area (Å²) in [5.74, 6) is -0.487. The van der Waals surface area contributed by atoms with E-state index in [-0.39, 0.29) is 17.4 Å². The standard InChI is InChI=1S/C19H19ClFN3O3/c1-13-11-14(5-6-18(13)24(26)27)19(25)23-9-7-22(8-10-23)12-15-16(20)3-2-4-17(15)21/h2-6,11H,7-10,12H2,1H3. The molecule has 27 heavy (non-hydrogen) atoms. The van der Waals surface area contributed by atoms with Crippen molar-refractivity contribution >= 4 is 23.2 Å². The molecule has 0 aliphatic carbocycles. The topological polar surface area (TPSA) is 66.7 Å². The maximum atomic E-state index is 13.9. The Morgan fingerprint density at radius 1 is 1.22 bits per heavy atom. The smallest absolute Gasteiger partial charge is 0.272 e. The van der Waals surface area contributed by atoms with Gasteiger partial charge in [-0.3, -0.25) is 19.8 Å². The highest BCUT2D eigenvalue weighted by molar-refractivity contribution is 6.31. The summed E-state index contributed by atoms with van der Waals surface area (Å²) in [5, 5.41) is 11.3. The Morgan fingerprint density at radius 3 is 2.52 bits per heavy atom. The maximum absolute atomic E-state index is 13.9. The number of amides is 1. The number of hydrogen-bond donors (Lipinski definition) is 0. The van der Waals surface area contributed by atoms with Gasteiger partial charge in [-0.15, -0.1) is 0 Å². The van der Waals surface area contributed by atoms with Gasteiger partial charge in [0.2, 0.25) is 0 Å². The lowest BCUT2D eigenvalue weighted by Gasteiger charge is -2.35. The largest absolute Gasteiger partial charge is 0.336 e. The van der Waals surface area contributed by atoms with Gasteiger partial charge in [0.1, 0.15) is 5.82 Å². The van der Waals surface area contributed by atoms with Gasteiger partial charge >= 0.3 is 0 Å². The minimum absolute atomic E-state index is 0.00173. The molecule has 2 aromatic rings. The quantitative estimate of drug-likeness (QED) is 0.589. The molecule has 3 rings (SSSR count). The van der Waals surface area contributed by atoms with Crippen molar-refractivity contribution in [2.24, 2.45) is 0 Å². The minimum atomic E-state index is -0.462. The van der Waals surface area contributed by atoms with E-state index in [9.17, 15) is 19.3 Å². The van der Waals surface area contributed by atoms with Gasteiger partial charge in [0.05, 0.1) is 4.92 Å². The Hall–Kier alpha value is -2.51. The van der Waals surface area contributed by atoms with Crippen molar-refractivity contribution in [1.82, 2.24) is 9.80 Å². The summed E-state index contributed by atoms with van der Waals surface area (Å²) in [6.07, 6.45) is 0. The molecule has 1 aliphatic rings. The molecule has 142 valence electrons. The molecular weight excluding hydrogens is 373 g/mol. The zero-order chi connectivity index (χ0) is 19.6. The van der Waals surface area contributed by atoms with Crippen LogP contribution in [0.4, 0.5) is 10.1 Å². The van der Waals surface area contributed by atoms with Crippen molar-refractivity contribution in [2.45, 2.75) is 13.5 Å².